The predicted octanol–water partition coefficient (Wildman–Crippen LogP) is 4.44. The lowest BCUT2D eigenvalue weighted by Gasteiger charge is -2.35. The van der Waals surface area contributed by atoms with Gasteiger partial charge in [0.2, 0.25) is 5.91 Å². The zero-order chi connectivity index (χ0) is 24.5. The number of nitrogens with one attached hydrogen (secondary N) is 2. The van der Waals surface area contributed by atoms with Gasteiger partial charge in [0.25, 0.3) is 5.91 Å². The number of ether oxygens (including phenoxy) is 1. The standard InChI is InChI=1S/C28H33N3O3S/c1-34-23-14-12-22(13-15-23)25(31-16-6-3-7-17-31)20-29-27(32)24(19-21-9-4-2-5-10-21)30-28(33)26-11-8-18-35-26/h2,4-5,8-15,18,24-25H,3,6-7,16-17,19-20H2,1H3,(H,29,32)(H,30,33)/t24-,25+/m1/s1. The van der Waals surface area contributed by atoms with Crippen molar-refractivity contribution >= 4 is 23.2 Å². The molecule has 7 heteroatoms. The molecule has 184 valence electrons. The van der Waals surface area contributed by atoms with Crippen molar-refractivity contribution in [2.24, 2.45) is 0 Å². The van der Waals surface area contributed by atoms with Crippen molar-refractivity contribution in [2.75, 3.05) is 26.7 Å². The number of nitrogens with zero attached hydrogens (tertiary/aromatic N) is 1. The molecule has 0 spiro atoms. The van der Waals surface area contributed by atoms with Crippen LogP contribution in [-0.2, 0) is 11.2 Å². The smallest absolute Gasteiger partial charge is 0.262 e. The molecule has 1 fully saturated rings. The maximum absolute atomic E-state index is 13.4. The van der Waals surface area contributed by atoms with Gasteiger partial charge in [-0.1, -0.05) is 55.0 Å². The maximum Gasteiger partial charge on any atom is 0.262 e. The van der Waals surface area contributed by atoms with E-state index < -0.39 is 6.04 Å². The predicted molar refractivity (Wildman–Crippen MR) is 140 cm³/mol. The molecule has 0 aliphatic carbocycles. The van der Waals surface area contributed by atoms with E-state index in [-0.39, 0.29) is 17.9 Å². The van der Waals surface area contributed by atoms with Crippen LogP contribution in [0.15, 0.2) is 72.1 Å². The summed E-state index contributed by atoms with van der Waals surface area (Å²) < 4.78 is 5.33. The van der Waals surface area contributed by atoms with E-state index in [0.29, 0.717) is 17.8 Å². The molecule has 2 atom stereocenters. The van der Waals surface area contributed by atoms with Crippen molar-refractivity contribution in [3.8, 4) is 5.75 Å². The van der Waals surface area contributed by atoms with Gasteiger partial charge in [-0.15, -0.1) is 11.3 Å². The molecule has 2 heterocycles. The third kappa shape index (κ3) is 6.93. The highest BCUT2D eigenvalue weighted by molar-refractivity contribution is 7.12. The average Bonchev–Trinajstić information content (AvgIpc) is 3.45. The summed E-state index contributed by atoms with van der Waals surface area (Å²) in [6.07, 6.45) is 4.00. The van der Waals surface area contributed by atoms with Gasteiger partial charge >= 0.3 is 0 Å². The Morgan fingerprint density at radius 1 is 0.971 bits per heavy atom. The Balaban J connectivity index is 1.48. The normalized spacial score (nSPS) is 15.7. The Hall–Kier alpha value is -3.16. The van der Waals surface area contributed by atoms with E-state index in [2.05, 4.69) is 27.7 Å². The van der Waals surface area contributed by atoms with Gasteiger partial charge < -0.3 is 15.4 Å². The number of likely N-dealkylation sites (tertiary alicyclic amines) is 1. The summed E-state index contributed by atoms with van der Waals surface area (Å²) in [4.78, 5) is 29.2. The van der Waals surface area contributed by atoms with Gasteiger partial charge in [0.1, 0.15) is 11.8 Å². The summed E-state index contributed by atoms with van der Waals surface area (Å²) in [5.41, 5.74) is 2.15. The second-order valence-corrected chi connectivity index (χ2v) is 9.77. The summed E-state index contributed by atoms with van der Waals surface area (Å²) in [5, 5.41) is 7.97. The molecule has 4 rings (SSSR count). The summed E-state index contributed by atoms with van der Waals surface area (Å²) >= 11 is 1.37. The van der Waals surface area contributed by atoms with Gasteiger partial charge in [0.15, 0.2) is 0 Å². The Morgan fingerprint density at radius 2 is 1.71 bits per heavy atom. The Morgan fingerprint density at radius 3 is 2.37 bits per heavy atom. The van der Waals surface area contributed by atoms with Crippen molar-refractivity contribution in [1.29, 1.82) is 0 Å². The molecule has 2 amide bonds. The molecule has 0 radical (unpaired) electrons. The quantitative estimate of drug-likeness (QED) is 0.440. The molecule has 0 bridgehead atoms. The molecular formula is C28H33N3O3S. The fourth-order valence-corrected chi connectivity index (χ4v) is 5.16. The van der Waals surface area contributed by atoms with E-state index in [4.69, 9.17) is 4.74 Å². The number of carbonyl (C=O) groups excluding carboxylic acids is 2. The van der Waals surface area contributed by atoms with Crippen LogP contribution in [0.5, 0.6) is 5.75 Å². The van der Waals surface area contributed by atoms with E-state index in [1.54, 1.807) is 13.2 Å². The molecule has 0 saturated carbocycles. The number of piperidine rings is 1. The topological polar surface area (TPSA) is 70.7 Å². The molecule has 2 N–H and O–H groups in total. The molecule has 3 aromatic rings. The third-order valence-electron chi connectivity index (χ3n) is 6.45. The monoisotopic (exact) mass is 491 g/mol. The van der Waals surface area contributed by atoms with Gasteiger partial charge in [0, 0.05) is 13.0 Å². The molecule has 6 nitrogen and oxygen atoms in total. The molecular weight excluding hydrogens is 458 g/mol. The van der Waals surface area contributed by atoms with Crippen LogP contribution < -0.4 is 15.4 Å². The minimum Gasteiger partial charge on any atom is -0.497 e. The second kappa shape index (κ2) is 12.5. The molecule has 1 aliphatic heterocycles. The first-order chi connectivity index (χ1) is 17.1. The van der Waals surface area contributed by atoms with Gasteiger partial charge in [-0.25, -0.2) is 0 Å². The molecule has 2 aromatic carbocycles. The molecule has 1 aromatic heterocycles. The van der Waals surface area contributed by atoms with Crippen LogP contribution in [0.2, 0.25) is 0 Å². The van der Waals surface area contributed by atoms with Crippen LogP contribution in [0.3, 0.4) is 0 Å². The summed E-state index contributed by atoms with van der Waals surface area (Å²) in [6, 6.07) is 20.9. The number of rotatable bonds is 10. The van der Waals surface area contributed by atoms with Crippen molar-refractivity contribution in [2.45, 2.75) is 37.8 Å². The fraction of sp³-hybridized carbons (Fsp3) is 0.357. The third-order valence-corrected chi connectivity index (χ3v) is 7.32. The van der Waals surface area contributed by atoms with Gasteiger partial charge in [-0.2, -0.15) is 0 Å². The largest absolute Gasteiger partial charge is 0.497 e. The minimum absolute atomic E-state index is 0.0653. The van der Waals surface area contributed by atoms with Crippen LogP contribution in [0.25, 0.3) is 0 Å². The zero-order valence-corrected chi connectivity index (χ0v) is 20.9. The zero-order valence-electron chi connectivity index (χ0n) is 20.1. The second-order valence-electron chi connectivity index (χ2n) is 8.82. The number of amides is 2. The fourth-order valence-electron chi connectivity index (χ4n) is 4.53. The minimum atomic E-state index is -0.662. The van der Waals surface area contributed by atoms with Crippen molar-refractivity contribution < 1.29 is 14.3 Å². The lowest BCUT2D eigenvalue weighted by Crippen LogP contribution is -2.50. The van der Waals surface area contributed by atoms with E-state index in [9.17, 15) is 9.59 Å². The lowest BCUT2D eigenvalue weighted by molar-refractivity contribution is -0.123. The highest BCUT2D eigenvalue weighted by atomic mass is 32.1. The molecule has 1 saturated heterocycles. The van der Waals surface area contributed by atoms with E-state index in [1.165, 1.54) is 17.8 Å². The molecule has 35 heavy (non-hydrogen) atoms. The molecule has 0 unspecified atom stereocenters. The first kappa shape index (κ1) is 24.9. The summed E-state index contributed by atoms with van der Waals surface area (Å²) in [7, 11) is 1.66. The number of thiophene rings is 1. The van der Waals surface area contributed by atoms with E-state index >= 15 is 0 Å². The van der Waals surface area contributed by atoms with Gasteiger partial charge in [0.05, 0.1) is 18.0 Å². The number of hydrogen-bond acceptors (Lipinski definition) is 5. The van der Waals surface area contributed by atoms with Crippen LogP contribution >= 0.6 is 11.3 Å². The Kier molecular flexibility index (Phi) is 8.92. The number of benzene rings is 2. The van der Waals surface area contributed by atoms with Gasteiger partial charge in [-0.3, -0.25) is 14.5 Å². The lowest BCUT2D eigenvalue weighted by atomic mass is 10.0. The first-order valence-electron chi connectivity index (χ1n) is 12.2. The Bertz CT molecular complexity index is 1060. The van der Waals surface area contributed by atoms with Crippen molar-refractivity contribution in [3.63, 3.8) is 0 Å². The number of methoxy groups -OCH3 is 1. The van der Waals surface area contributed by atoms with Crippen LogP contribution in [0.4, 0.5) is 0 Å². The summed E-state index contributed by atoms with van der Waals surface area (Å²) in [5.74, 6) is 0.419. The molecule has 1 aliphatic rings. The highest BCUT2D eigenvalue weighted by Crippen LogP contribution is 2.26. The van der Waals surface area contributed by atoms with E-state index in [1.807, 2.05) is 53.9 Å². The van der Waals surface area contributed by atoms with Crippen LogP contribution in [0.1, 0.15) is 46.1 Å². The Labute approximate surface area is 211 Å². The van der Waals surface area contributed by atoms with E-state index in [0.717, 1.165) is 42.8 Å². The van der Waals surface area contributed by atoms with Crippen LogP contribution in [0, 0.1) is 0 Å². The van der Waals surface area contributed by atoms with Crippen LogP contribution in [-0.4, -0.2) is 49.5 Å². The average molecular weight is 492 g/mol. The van der Waals surface area contributed by atoms with Gasteiger partial charge in [-0.05, 0) is 60.6 Å². The van der Waals surface area contributed by atoms with Crippen molar-refractivity contribution in [3.05, 3.63) is 88.1 Å². The highest BCUT2D eigenvalue weighted by Gasteiger charge is 2.26. The number of hydrogen-bond donors (Lipinski definition) is 2. The maximum atomic E-state index is 13.4. The first-order valence-corrected chi connectivity index (χ1v) is 13.1. The SMILES string of the molecule is COc1ccc([C@H](CNC(=O)[C@@H](Cc2ccccc2)NC(=O)c2cccs2)N2CCCCC2)cc1. The van der Waals surface area contributed by atoms with Crippen molar-refractivity contribution in [1.82, 2.24) is 15.5 Å². The summed E-state index contributed by atoms with van der Waals surface area (Å²) in [6.45, 7) is 2.50. The number of carbonyl (C=O) groups is 2.